The molecule has 2 aliphatic rings. The van der Waals surface area contributed by atoms with Crippen LogP contribution in [0.5, 0.6) is 5.75 Å². The first-order chi connectivity index (χ1) is 15.0. The molecule has 4 rings (SSSR count). The average molecular weight is 484 g/mol. The van der Waals surface area contributed by atoms with Crippen molar-refractivity contribution < 1.29 is 14.3 Å². The van der Waals surface area contributed by atoms with E-state index in [1.54, 1.807) is 6.92 Å². The van der Waals surface area contributed by atoms with E-state index in [2.05, 4.69) is 31.9 Å². The number of rotatable bonds is 6. The number of ether oxygens (including phenoxy) is 1. The smallest absolute Gasteiger partial charge is 0.319 e. The van der Waals surface area contributed by atoms with Gasteiger partial charge in [-0.25, -0.2) is 4.79 Å². The summed E-state index contributed by atoms with van der Waals surface area (Å²) in [5.41, 5.74) is 2.78. The van der Waals surface area contributed by atoms with Crippen molar-refractivity contribution >= 4 is 27.9 Å². The van der Waals surface area contributed by atoms with Gasteiger partial charge in [-0.3, -0.25) is 4.79 Å². The van der Waals surface area contributed by atoms with Crippen LogP contribution in [0.15, 0.2) is 64.3 Å². The summed E-state index contributed by atoms with van der Waals surface area (Å²) in [7, 11) is 0. The maximum Gasteiger partial charge on any atom is 0.319 e. The van der Waals surface area contributed by atoms with Gasteiger partial charge in [-0.1, -0.05) is 46.3 Å². The molecule has 31 heavy (non-hydrogen) atoms. The van der Waals surface area contributed by atoms with Crippen molar-refractivity contribution in [3.05, 3.63) is 75.4 Å². The van der Waals surface area contributed by atoms with E-state index in [1.165, 1.54) is 0 Å². The zero-order valence-corrected chi connectivity index (χ0v) is 19.0. The molecule has 1 aliphatic heterocycles. The highest BCUT2D eigenvalue weighted by atomic mass is 79.9. The molecule has 1 saturated carbocycles. The molecule has 0 bridgehead atoms. The molecule has 6 nitrogen and oxygen atoms in total. The van der Waals surface area contributed by atoms with Gasteiger partial charge in [-0.05, 0) is 56.4 Å². The fourth-order valence-electron chi connectivity index (χ4n) is 4.14. The lowest BCUT2D eigenvalue weighted by Gasteiger charge is -2.30. The number of benzene rings is 2. The second kappa shape index (κ2) is 9.56. The van der Waals surface area contributed by atoms with Crippen molar-refractivity contribution in [2.24, 2.45) is 0 Å². The van der Waals surface area contributed by atoms with Gasteiger partial charge in [-0.15, -0.1) is 0 Å². The van der Waals surface area contributed by atoms with Crippen molar-refractivity contribution in [1.82, 2.24) is 16.0 Å². The Labute approximate surface area is 190 Å². The monoisotopic (exact) mass is 483 g/mol. The van der Waals surface area contributed by atoms with E-state index in [0.29, 0.717) is 23.6 Å². The maximum atomic E-state index is 13.2. The van der Waals surface area contributed by atoms with Crippen molar-refractivity contribution in [2.75, 3.05) is 0 Å². The van der Waals surface area contributed by atoms with Crippen LogP contribution in [0.1, 0.15) is 49.8 Å². The highest BCUT2D eigenvalue weighted by molar-refractivity contribution is 9.10. The largest absolute Gasteiger partial charge is 0.490 e. The SMILES string of the molecule is CC1=C(C(=O)NCc2ccccc2)C(c2cc(Br)ccc2OC2CCCC2)NC(=O)N1. The fourth-order valence-corrected chi connectivity index (χ4v) is 4.52. The predicted octanol–water partition coefficient (Wildman–Crippen LogP) is 4.71. The van der Waals surface area contributed by atoms with Crippen LogP contribution in [0.25, 0.3) is 0 Å². The first kappa shape index (κ1) is 21.4. The van der Waals surface area contributed by atoms with Crippen molar-refractivity contribution in [2.45, 2.75) is 51.3 Å². The lowest BCUT2D eigenvalue weighted by atomic mass is 9.94. The molecular formula is C24H26BrN3O3. The van der Waals surface area contributed by atoms with E-state index in [1.807, 2.05) is 48.5 Å². The van der Waals surface area contributed by atoms with Crippen LogP contribution in [0.3, 0.4) is 0 Å². The number of halogens is 1. The third kappa shape index (κ3) is 5.10. The van der Waals surface area contributed by atoms with Gasteiger partial charge in [0.25, 0.3) is 5.91 Å². The summed E-state index contributed by atoms with van der Waals surface area (Å²) in [5, 5.41) is 8.63. The number of carbonyl (C=O) groups is 2. The number of carbonyl (C=O) groups excluding carboxylic acids is 2. The summed E-state index contributed by atoms with van der Waals surface area (Å²) >= 11 is 3.52. The van der Waals surface area contributed by atoms with Crippen molar-refractivity contribution in [1.29, 1.82) is 0 Å². The minimum absolute atomic E-state index is 0.165. The zero-order valence-electron chi connectivity index (χ0n) is 17.4. The summed E-state index contributed by atoms with van der Waals surface area (Å²) in [5.74, 6) is 0.467. The summed E-state index contributed by atoms with van der Waals surface area (Å²) < 4.78 is 7.15. The Morgan fingerprint density at radius 1 is 1.16 bits per heavy atom. The highest BCUT2D eigenvalue weighted by Crippen LogP contribution is 2.37. The molecule has 1 unspecified atom stereocenters. The van der Waals surface area contributed by atoms with Gasteiger partial charge in [0, 0.05) is 22.3 Å². The molecule has 2 aromatic carbocycles. The standard InChI is InChI=1S/C24H26BrN3O3/c1-15-21(23(29)26-14-16-7-3-2-4-8-16)22(28-24(30)27-15)19-13-17(25)11-12-20(19)31-18-9-5-6-10-18/h2-4,7-8,11-13,18,22H,5-6,9-10,14H2,1H3,(H,26,29)(H2,27,28,30). The maximum absolute atomic E-state index is 13.2. The van der Waals surface area contributed by atoms with Crippen LogP contribution < -0.4 is 20.7 Å². The lowest BCUT2D eigenvalue weighted by Crippen LogP contribution is -2.47. The van der Waals surface area contributed by atoms with Crippen LogP contribution >= 0.6 is 15.9 Å². The summed E-state index contributed by atoms with van der Waals surface area (Å²) in [6, 6.07) is 14.5. The van der Waals surface area contributed by atoms with Gasteiger partial charge in [0.05, 0.1) is 17.7 Å². The van der Waals surface area contributed by atoms with Gasteiger partial charge < -0.3 is 20.7 Å². The molecule has 0 spiro atoms. The summed E-state index contributed by atoms with van der Waals surface area (Å²) in [6.45, 7) is 2.15. The molecule has 7 heteroatoms. The zero-order chi connectivity index (χ0) is 21.8. The number of urea groups is 1. The van der Waals surface area contributed by atoms with Gasteiger partial charge >= 0.3 is 6.03 Å². The minimum atomic E-state index is -0.613. The summed E-state index contributed by atoms with van der Waals surface area (Å²) in [4.78, 5) is 25.5. The van der Waals surface area contributed by atoms with Crippen molar-refractivity contribution in [3.8, 4) is 5.75 Å². The predicted molar refractivity (Wildman–Crippen MR) is 122 cm³/mol. The molecule has 2 aromatic rings. The molecule has 1 aliphatic carbocycles. The third-order valence-electron chi connectivity index (χ3n) is 5.69. The molecular weight excluding hydrogens is 458 g/mol. The van der Waals surface area contributed by atoms with Crippen LogP contribution in [-0.4, -0.2) is 18.0 Å². The number of hydrogen-bond donors (Lipinski definition) is 3. The highest BCUT2D eigenvalue weighted by Gasteiger charge is 2.33. The molecule has 1 heterocycles. The summed E-state index contributed by atoms with van der Waals surface area (Å²) in [6.07, 6.45) is 4.53. The number of allylic oxidation sites excluding steroid dienone is 1. The van der Waals surface area contributed by atoms with Gasteiger partial charge in [0.1, 0.15) is 5.75 Å². The Morgan fingerprint density at radius 3 is 2.65 bits per heavy atom. The second-order valence-electron chi connectivity index (χ2n) is 7.94. The molecule has 3 amide bonds. The fraction of sp³-hybridized carbons (Fsp3) is 0.333. The quantitative estimate of drug-likeness (QED) is 0.556. The van der Waals surface area contributed by atoms with Crippen molar-refractivity contribution in [3.63, 3.8) is 0 Å². The Balaban J connectivity index is 1.63. The van der Waals surface area contributed by atoms with E-state index in [9.17, 15) is 9.59 Å². The first-order valence-electron chi connectivity index (χ1n) is 10.6. The third-order valence-corrected chi connectivity index (χ3v) is 6.18. The van der Waals surface area contributed by atoms with Crippen LogP contribution in [0.2, 0.25) is 0 Å². The number of nitrogens with one attached hydrogen (secondary N) is 3. The van der Waals surface area contributed by atoms with Gasteiger partial charge in [-0.2, -0.15) is 0 Å². The van der Waals surface area contributed by atoms with E-state index >= 15 is 0 Å². The van der Waals surface area contributed by atoms with E-state index in [0.717, 1.165) is 41.3 Å². The average Bonchev–Trinajstić information content (AvgIpc) is 3.26. The Kier molecular flexibility index (Phi) is 6.61. The lowest BCUT2D eigenvalue weighted by molar-refractivity contribution is -0.118. The van der Waals surface area contributed by atoms with Gasteiger partial charge in [0.2, 0.25) is 0 Å². The number of hydrogen-bond acceptors (Lipinski definition) is 3. The van der Waals surface area contributed by atoms with Crippen LogP contribution in [-0.2, 0) is 11.3 Å². The van der Waals surface area contributed by atoms with E-state index in [4.69, 9.17) is 4.74 Å². The van der Waals surface area contributed by atoms with E-state index < -0.39 is 6.04 Å². The molecule has 3 N–H and O–H groups in total. The van der Waals surface area contributed by atoms with Gasteiger partial charge in [0.15, 0.2) is 0 Å². The Bertz CT molecular complexity index is 1000. The van der Waals surface area contributed by atoms with Crippen LogP contribution in [0.4, 0.5) is 4.79 Å². The molecule has 1 atom stereocenters. The van der Waals surface area contributed by atoms with E-state index in [-0.39, 0.29) is 18.0 Å². The molecule has 0 radical (unpaired) electrons. The number of amides is 3. The Morgan fingerprint density at radius 2 is 1.90 bits per heavy atom. The Hall–Kier alpha value is -2.80. The molecule has 1 fully saturated rings. The van der Waals surface area contributed by atoms with Crippen LogP contribution in [0, 0.1) is 0 Å². The second-order valence-corrected chi connectivity index (χ2v) is 8.86. The normalized spacial score (nSPS) is 19.0. The first-order valence-corrected chi connectivity index (χ1v) is 11.4. The topological polar surface area (TPSA) is 79.5 Å². The minimum Gasteiger partial charge on any atom is -0.490 e. The molecule has 0 aromatic heterocycles. The molecule has 0 saturated heterocycles. The molecule has 162 valence electrons.